The van der Waals surface area contributed by atoms with E-state index in [-0.39, 0.29) is 30.2 Å². The maximum Gasteiger partial charge on any atom is 0.279 e. The van der Waals surface area contributed by atoms with Crippen molar-refractivity contribution < 1.29 is 22.3 Å². The molecule has 0 radical (unpaired) electrons. The molecule has 26 heavy (non-hydrogen) atoms. The summed E-state index contributed by atoms with van der Waals surface area (Å²) in [5.41, 5.74) is 0.297. The number of nitrogens with one attached hydrogen (secondary N) is 2. The van der Waals surface area contributed by atoms with Gasteiger partial charge in [-0.25, -0.2) is 4.39 Å². The number of aryl methyl sites for hydroxylation is 1. The van der Waals surface area contributed by atoms with Crippen LogP contribution in [-0.2, 0) is 19.7 Å². The first kappa shape index (κ1) is 17.8. The largest absolute Gasteiger partial charge is 0.380 e. The van der Waals surface area contributed by atoms with E-state index in [2.05, 4.69) is 10.0 Å². The fourth-order valence-electron chi connectivity index (χ4n) is 3.86. The molecule has 7 nitrogen and oxygen atoms in total. The van der Waals surface area contributed by atoms with Gasteiger partial charge in [-0.15, -0.1) is 0 Å². The number of rotatable bonds is 5. The fraction of sp³-hybridized carbons (Fsp3) is 0.588. The van der Waals surface area contributed by atoms with Crippen molar-refractivity contribution in [3.8, 4) is 0 Å². The summed E-state index contributed by atoms with van der Waals surface area (Å²) in [6, 6.07) is 4.20. The van der Waals surface area contributed by atoms with E-state index in [1.165, 1.54) is 16.4 Å². The molecule has 3 atom stereocenters. The summed E-state index contributed by atoms with van der Waals surface area (Å²) in [5.74, 6) is -0.499. The molecule has 142 valence electrons. The first-order valence-electron chi connectivity index (χ1n) is 8.73. The van der Waals surface area contributed by atoms with Crippen LogP contribution >= 0.6 is 0 Å². The Balaban J connectivity index is 1.42. The molecule has 4 rings (SSSR count). The number of benzene rings is 1. The molecular weight excluding hydrogens is 361 g/mol. The Morgan fingerprint density at radius 1 is 1.42 bits per heavy atom. The van der Waals surface area contributed by atoms with E-state index in [4.69, 9.17) is 4.74 Å². The molecule has 2 aliphatic heterocycles. The molecule has 1 aromatic rings. The van der Waals surface area contributed by atoms with Crippen molar-refractivity contribution in [2.75, 3.05) is 31.6 Å². The minimum atomic E-state index is -3.63. The number of halogens is 1. The van der Waals surface area contributed by atoms with Crippen molar-refractivity contribution in [1.82, 2.24) is 9.03 Å². The van der Waals surface area contributed by atoms with Crippen LogP contribution in [0.25, 0.3) is 0 Å². The number of carbonyl (C=O) groups is 1. The average molecular weight is 383 g/mol. The maximum absolute atomic E-state index is 13.4. The van der Waals surface area contributed by atoms with Gasteiger partial charge in [-0.05, 0) is 49.4 Å². The number of amides is 1. The molecule has 0 bridgehead atoms. The number of anilines is 1. The smallest absolute Gasteiger partial charge is 0.279 e. The Kier molecular flexibility index (Phi) is 4.30. The van der Waals surface area contributed by atoms with Crippen LogP contribution in [0.2, 0.25) is 0 Å². The van der Waals surface area contributed by atoms with Gasteiger partial charge < -0.3 is 10.1 Å². The van der Waals surface area contributed by atoms with Gasteiger partial charge in [-0.2, -0.15) is 17.4 Å². The Hall–Kier alpha value is -1.55. The van der Waals surface area contributed by atoms with Crippen LogP contribution in [0, 0.1) is 24.1 Å². The van der Waals surface area contributed by atoms with Crippen molar-refractivity contribution >= 4 is 21.8 Å². The third-order valence-electron chi connectivity index (χ3n) is 5.57. The zero-order valence-electron chi connectivity index (χ0n) is 14.5. The van der Waals surface area contributed by atoms with Gasteiger partial charge in [0.15, 0.2) is 0 Å². The third kappa shape index (κ3) is 3.13. The maximum atomic E-state index is 13.4. The van der Waals surface area contributed by atoms with Crippen LogP contribution < -0.4 is 10.0 Å². The van der Waals surface area contributed by atoms with Crippen molar-refractivity contribution in [2.24, 2.45) is 11.3 Å². The summed E-state index contributed by atoms with van der Waals surface area (Å²) in [4.78, 5) is 12.7. The van der Waals surface area contributed by atoms with E-state index >= 15 is 0 Å². The molecule has 2 heterocycles. The molecule has 2 saturated heterocycles. The predicted octanol–water partition coefficient (Wildman–Crippen LogP) is 1.02. The molecule has 3 fully saturated rings. The highest BCUT2D eigenvalue weighted by Crippen LogP contribution is 2.58. The number of fused-ring (bicyclic) bond motifs is 1. The topological polar surface area (TPSA) is 87.7 Å². The zero-order valence-corrected chi connectivity index (χ0v) is 15.3. The molecule has 1 aromatic carbocycles. The molecule has 0 aromatic heterocycles. The normalized spacial score (nSPS) is 31.0. The zero-order chi connectivity index (χ0) is 18.5. The minimum Gasteiger partial charge on any atom is -0.380 e. The molecule has 9 heteroatoms. The van der Waals surface area contributed by atoms with Crippen molar-refractivity contribution in [3.63, 3.8) is 0 Å². The number of hydrogen-bond donors (Lipinski definition) is 2. The molecule has 1 saturated carbocycles. The second kappa shape index (κ2) is 6.26. The predicted molar refractivity (Wildman–Crippen MR) is 93.2 cm³/mol. The summed E-state index contributed by atoms with van der Waals surface area (Å²) in [6.07, 6.45) is 1.34. The van der Waals surface area contributed by atoms with Gasteiger partial charge in [-0.3, -0.25) is 4.79 Å². The molecule has 0 spiro atoms. The molecule has 2 N–H and O–H groups in total. The fourth-order valence-corrected chi connectivity index (χ4v) is 5.40. The van der Waals surface area contributed by atoms with Gasteiger partial charge in [-0.1, -0.05) is 0 Å². The van der Waals surface area contributed by atoms with Gasteiger partial charge >= 0.3 is 0 Å². The van der Waals surface area contributed by atoms with Crippen LogP contribution in [-0.4, -0.2) is 51.0 Å². The standard InChI is InChI=1S/C17H22FN3O4S/c1-11-6-13(2-3-15(11)18)19-16(22)17-7-12(17)8-21(10-17)26(23,24)20-14-4-5-25-9-14/h2-3,6,12,14,20H,4-5,7-10H2,1H3,(H,19,22)/t12?,14-,17?/m0/s1. The van der Waals surface area contributed by atoms with E-state index < -0.39 is 15.6 Å². The average Bonchev–Trinajstić information content (AvgIpc) is 2.94. The molecule has 2 unspecified atom stereocenters. The molecule has 1 amide bonds. The van der Waals surface area contributed by atoms with Crippen molar-refractivity contribution in [1.29, 1.82) is 0 Å². The van der Waals surface area contributed by atoms with Gasteiger partial charge in [0.2, 0.25) is 5.91 Å². The lowest BCUT2D eigenvalue weighted by atomic mass is 10.1. The lowest BCUT2D eigenvalue weighted by Crippen LogP contribution is -2.46. The Bertz CT molecular complexity index is 840. The monoisotopic (exact) mass is 383 g/mol. The van der Waals surface area contributed by atoms with Crippen molar-refractivity contribution in [3.05, 3.63) is 29.6 Å². The van der Waals surface area contributed by atoms with Gasteiger partial charge in [0.05, 0.1) is 12.0 Å². The summed E-state index contributed by atoms with van der Waals surface area (Å²) in [7, 11) is -3.63. The van der Waals surface area contributed by atoms with Crippen LogP contribution in [0.15, 0.2) is 18.2 Å². The van der Waals surface area contributed by atoms with Crippen LogP contribution in [0.5, 0.6) is 0 Å². The van der Waals surface area contributed by atoms with Crippen LogP contribution in [0.4, 0.5) is 10.1 Å². The number of hydrogen-bond acceptors (Lipinski definition) is 4. The molecular formula is C17H22FN3O4S. The van der Waals surface area contributed by atoms with E-state index in [0.717, 1.165) is 0 Å². The lowest BCUT2D eigenvalue weighted by Gasteiger charge is -2.22. The van der Waals surface area contributed by atoms with Gasteiger partial charge in [0.1, 0.15) is 5.82 Å². The highest BCUT2D eigenvalue weighted by atomic mass is 32.2. The molecule has 1 aliphatic carbocycles. The highest BCUT2D eigenvalue weighted by molar-refractivity contribution is 7.87. The highest BCUT2D eigenvalue weighted by Gasteiger charge is 2.66. The first-order chi connectivity index (χ1) is 12.3. The van der Waals surface area contributed by atoms with E-state index in [1.54, 1.807) is 13.0 Å². The summed E-state index contributed by atoms with van der Waals surface area (Å²) >= 11 is 0. The lowest BCUT2D eigenvalue weighted by molar-refractivity contribution is -0.121. The van der Waals surface area contributed by atoms with Crippen LogP contribution in [0.3, 0.4) is 0 Å². The summed E-state index contributed by atoms with van der Waals surface area (Å²) in [6.45, 7) is 3.09. The van der Waals surface area contributed by atoms with Gasteiger partial charge in [0.25, 0.3) is 10.2 Å². The Morgan fingerprint density at radius 3 is 2.92 bits per heavy atom. The molecule has 3 aliphatic rings. The quantitative estimate of drug-likeness (QED) is 0.795. The van der Waals surface area contributed by atoms with E-state index in [1.807, 2.05) is 0 Å². The van der Waals surface area contributed by atoms with Crippen LogP contribution in [0.1, 0.15) is 18.4 Å². The Morgan fingerprint density at radius 2 is 2.23 bits per heavy atom. The summed E-state index contributed by atoms with van der Waals surface area (Å²) < 4.78 is 47.7. The SMILES string of the molecule is Cc1cc(NC(=O)C23CC2CN(S(=O)(=O)N[C@H]2CCOC2)C3)ccc1F. The van der Waals surface area contributed by atoms with E-state index in [9.17, 15) is 17.6 Å². The third-order valence-corrected chi connectivity index (χ3v) is 7.16. The summed E-state index contributed by atoms with van der Waals surface area (Å²) in [5, 5.41) is 2.81. The number of piperidine rings is 1. The van der Waals surface area contributed by atoms with Crippen molar-refractivity contribution in [2.45, 2.75) is 25.8 Å². The van der Waals surface area contributed by atoms with E-state index in [0.29, 0.717) is 43.9 Å². The Labute approximate surface area is 152 Å². The number of ether oxygens (including phenoxy) is 1. The first-order valence-corrected chi connectivity index (χ1v) is 10.2. The second-order valence-corrected chi connectivity index (χ2v) is 9.15. The minimum absolute atomic E-state index is 0.0282. The number of carbonyl (C=O) groups excluding carboxylic acids is 1. The number of nitrogens with zero attached hydrogens (tertiary/aromatic N) is 1. The second-order valence-electron chi connectivity index (χ2n) is 7.45. The van der Waals surface area contributed by atoms with Gasteiger partial charge in [0, 0.05) is 31.4 Å².